The van der Waals surface area contributed by atoms with Gasteiger partial charge in [-0.05, 0) is 63.5 Å². The third-order valence-corrected chi connectivity index (χ3v) is 9.33. The Bertz CT molecular complexity index is 1160. The Morgan fingerprint density at radius 2 is 1.87 bits per heavy atom. The molecule has 2 aliphatic rings. The number of carbonyl (C=O) groups excluding carboxylic acids is 3. The molecule has 2 heterocycles. The van der Waals surface area contributed by atoms with Crippen molar-refractivity contribution in [3.05, 3.63) is 29.3 Å². The van der Waals surface area contributed by atoms with Crippen LogP contribution in [0.25, 0.3) is 10.2 Å². The Morgan fingerprint density at radius 1 is 1.15 bits per heavy atom. The van der Waals surface area contributed by atoms with Gasteiger partial charge in [-0.2, -0.15) is 0 Å². The first-order chi connectivity index (χ1) is 18.7. The number of guanidine groups is 1. The van der Waals surface area contributed by atoms with Crippen molar-refractivity contribution in [3.63, 3.8) is 0 Å². The molecule has 10 nitrogen and oxygen atoms in total. The number of urea groups is 1. The minimum absolute atomic E-state index is 0.0282. The first-order valence-corrected chi connectivity index (χ1v) is 14.8. The second-order valence-corrected chi connectivity index (χ2v) is 11.9. The number of likely N-dealkylation sites (tertiary alicyclic amines) is 1. The van der Waals surface area contributed by atoms with E-state index in [1.54, 1.807) is 11.9 Å². The number of para-hydroxylation sites is 1. The number of benzene rings is 1. The van der Waals surface area contributed by atoms with Crippen molar-refractivity contribution in [2.24, 2.45) is 17.4 Å². The quantitative estimate of drug-likeness (QED) is 0.242. The number of aromatic nitrogens is 1. The molecule has 1 aromatic carbocycles. The molecule has 1 saturated heterocycles. The molecule has 5 N–H and O–H groups in total. The summed E-state index contributed by atoms with van der Waals surface area (Å²) < 4.78 is 0.865. The highest BCUT2D eigenvalue weighted by Crippen LogP contribution is 2.38. The highest BCUT2D eigenvalue weighted by Gasteiger charge is 2.45. The average Bonchev–Trinajstić information content (AvgIpc) is 3.55. The third kappa shape index (κ3) is 6.41. The summed E-state index contributed by atoms with van der Waals surface area (Å²) in [5.41, 5.74) is 12.1. The molecule has 0 spiro atoms. The van der Waals surface area contributed by atoms with Crippen LogP contribution in [0.15, 0.2) is 24.3 Å². The number of rotatable bonds is 9. The number of carbonyl (C=O) groups is 3. The Balaban J connectivity index is 1.67. The molecule has 1 aliphatic carbocycles. The zero-order valence-corrected chi connectivity index (χ0v) is 23.8. The summed E-state index contributed by atoms with van der Waals surface area (Å²) in [6.45, 7) is 2.06. The van der Waals surface area contributed by atoms with Gasteiger partial charge >= 0.3 is 6.03 Å². The van der Waals surface area contributed by atoms with Gasteiger partial charge in [0.25, 0.3) is 0 Å². The molecular weight excluding hydrogens is 514 g/mol. The number of fused-ring (bicyclic) bond motifs is 1. The van der Waals surface area contributed by atoms with Gasteiger partial charge in [0.05, 0.1) is 16.8 Å². The predicted molar refractivity (Wildman–Crippen MR) is 154 cm³/mol. The van der Waals surface area contributed by atoms with Gasteiger partial charge in [0.1, 0.15) is 6.04 Å². The monoisotopic (exact) mass is 555 g/mol. The summed E-state index contributed by atoms with van der Waals surface area (Å²) >= 11 is 1.26. The van der Waals surface area contributed by atoms with Crippen LogP contribution >= 0.6 is 11.3 Å². The number of thiazole rings is 1. The number of nitrogens with zero attached hydrogens (tertiary/aromatic N) is 4. The van der Waals surface area contributed by atoms with E-state index < -0.39 is 18.0 Å². The molecule has 3 atom stereocenters. The highest BCUT2D eigenvalue weighted by molar-refractivity contribution is 7.20. The average molecular weight is 556 g/mol. The Labute approximate surface area is 234 Å². The van der Waals surface area contributed by atoms with Crippen LogP contribution in [-0.4, -0.2) is 81.6 Å². The summed E-state index contributed by atoms with van der Waals surface area (Å²) in [5, 5.41) is 7.92. The summed E-state index contributed by atoms with van der Waals surface area (Å²) in [7, 11) is 1.70. The van der Waals surface area contributed by atoms with Gasteiger partial charge in [-0.1, -0.05) is 31.4 Å². The first kappa shape index (κ1) is 28.9. The molecule has 1 saturated carbocycles. The summed E-state index contributed by atoms with van der Waals surface area (Å²) in [4.78, 5) is 50.8. The van der Waals surface area contributed by atoms with Crippen molar-refractivity contribution in [1.29, 1.82) is 5.41 Å². The first-order valence-electron chi connectivity index (χ1n) is 14.0. The van der Waals surface area contributed by atoms with E-state index in [1.165, 1.54) is 17.8 Å². The number of imide groups is 1. The van der Waals surface area contributed by atoms with E-state index in [-0.39, 0.29) is 41.8 Å². The molecule has 39 heavy (non-hydrogen) atoms. The number of nitrogens with two attached hydrogens (primary N) is 2. The van der Waals surface area contributed by atoms with Crippen LogP contribution in [0.3, 0.4) is 0 Å². The fraction of sp³-hybridized carbons (Fsp3) is 0.607. The van der Waals surface area contributed by atoms with Crippen molar-refractivity contribution in [3.8, 4) is 0 Å². The standard InChI is InChI=1S/C28H41N7O3S/c1-18-14-15-21(19-9-4-3-5-10-19)34(18)28(38)35(24(36)17-29)22(12-8-16-33(2)27(30)31)25(37)26-32-20-11-6-7-13-23(20)39-26/h6-7,11,13,18-19,21-22H,3-5,8-10,12,14-17,29H2,1-2H3,(H3,30,31)/t18-,21?,22?/m1/s1. The maximum absolute atomic E-state index is 14.3. The van der Waals surface area contributed by atoms with Crippen molar-refractivity contribution in [1.82, 2.24) is 19.7 Å². The molecule has 1 aliphatic heterocycles. The maximum Gasteiger partial charge on any atom is 0.327 e. The Hall–Kier alpha value is -3.05. The summed E-state index contributed by atoms with van der Waals surface area (Å²) in [6, 6.07) is 6.04. The molecule has 0 bridgehead atoms. The maximum atomic E-state index is 14.3. The summed E-state index contributed by atoms with van der Waals surface area (Å²) in [6.07, 6.45) is 8.14. The number of hydrogen-bond donors (Lipinski definition) is 3. The molecule has 2 fully saturated rings. The fourth-order valence-corrected chi connectivity index (χ4v) is 7.06. The normalized spacial score (nSPS) is 20.6. The lowest BCUT2D eigenvalue weighted by atomic mass is 9.83. The largest absolute Gasteiger partial charge is 0.370 e. The van der Waals surface area contributed by atoms with Gasteiger partial charge in [-0.3, -0.25) is 19.9 Å². The van der Waals surface area contributed by atoms with Crippen molar-refractivity contribution < 1.29 is 14.4 Å². The SMILES string of the molecule is C[C@@H]1CCC(C2CCCCC2)N1C(=O)N(C(=O)CN)C(CCCN(C)C(=N)N)C(=O)c1nc2ccccc2s1. The van der Waals surface area contributed by atoms with Crippen LogP contribution in [0, 0.1) is 11.3 Å². The van der Waals surface area contributed by atoms with Crippen molar-refractivity contribution in [2.45, 2.75) is 82.8 Å². The molecule has 212 valence electrons. The van der Waals surface area contributed by atoms with Gasteiger partial charge in [0.15, 0.2) is 11.0 Å². The molecular formula is C28H41N7O3S. The smallest absolute Gasteiger partial charge is 0.327 e. The molecule has 4 rings (SSSR count). The molecule has 2 unspecified atom stereocenters. The van der Waals surface area contributed by atoms with E-state index in [4.69, 9.17) is 16.9 Å². The lowest BCUT2D eigenvalue weighted by Crippen LogP contribution is -2.58. The number of nitrogens with one attached hydrogen (secondary N) is 1. The molecule has 11 heteroatoms. The Kier molecular flexibility index (Phi) is 9.55. The lowest BCUT2D eigenvalue weighted by Gasteiger charge is -2.40. The van der Waals surface area contributed by atoms with E-state index in [9.17, 15) is 14.4 Å². The molecule has 1 aromatic heterocycles. The van der Waals surface area contributed by atoms with Gasteiger partial charge in [-0.15, -0.1) is 11.3 Å². The van der Waals surface area contributed by atoms with Gasteiger partial charge in [-0.25, -0.2) is 9.78 Å². The minimum atomic E-state index is -1.05. The van der Waals surface area contributed by atoms with E-state index in [0.29, 0.717) is 24.4 Å². The van der Waals surface area contributed by atoms with Crippen LogP contribution in [0.2, 0.25) is 0 Å². The van der Waals surface area contributed by atoms with Crippen LogP contribution in [-0.2, 0) is 4.79 Å². The number of ketones is 1. The fourth-order valence-electron chi connectivity index (χ4n) is 6.11. The van der Waals surface area contributed by atoms with E-state index >= 15 is 0 Å². The van der Waals surface area contributed by atoms with Crippen molar-refractivity contribution in [2.75, 3.05) is 20.1 Å². The van der Waals surface area contributed by atoms with Crippen LogP contribution < -0.4 is 11.5 Å². The lowest BCUT2D eigenvalue weighted by molar-refractivity contribution is -0.128. The van der Waals surface area contributed by atoms with Crippen LogP contribution in [0.4, 0.5) is 4.79 Å². The minimum Gasteiger partial charge on any atom is -0.370 e. The van der Waals surface area contributed by atoms with Crippen LogP contribution in [0.1, 0.15) is 74.5 Å². The molecule has 2 aromatic rings. The van der Waals surface area contributed by atoms with Crippen molar-refractivity contribution >= 4 is 45.2 Å². The number of Topliss-reactive ketones (excluding diaryl/α,β-unsaturated/α-hetero) is 1. The number of amides is 3. The van der Waals surface area contributed by atoms with E-state index in [1.807, 2.05) is 36.1 Å². The summed E-state index contributed by atoms with van der Waals surface area (Å²) in [5.74, 6) is -0.611. The van der Waals surface area contributed by atoms with Gasteiger partial charge < -0.3 is 21.3 Å². The third-order valence-electron chi connectivity index (χ3n) is 8.28. The second kappa shape index (κ2) is 12.9. The zero-order valence-electron chi connectivity index (χ0n) is 23.0. The Morgan fingerprint density at radius 3 is 2.54 bits per heavy atom. The van der Waals surface area contributed by atoms with E-state index in [0.717, 1.165) is 48.1 Å². The number of hydrogen-bond acceptors (Lipinski definition) is 7. The molecule has 3 amide bonds. The molecule has 0 radical (unpaired) electrons. The highest BCUT2D eigenvalue weighted by atomic mass is 32.1. The second-order valence-electron chi connectivity index (χ2n) is 10.9. The zero-order chi connectivity index (χ0) is 28.1. The van der Waals surface area contributed by atoms with Crippen LogP contribution in [0.5, 0.6) is 0 Å². The predicted octanol–water partition coefficient (Wildman–Crippen LogP) is 3.79. The van der Waals surface area contributed by atoms with E-state index in [2.05, 4.69) is 4.98 Å². The topological polar surface area (TPSA) is 150 Å². The van der Waals surface area contributed by atoms with Gasteiger partial charge in [0.2, 0.25) is 11.7 Å². The van der Waals surface area contributed by atoms with Gasteiger partial charge in [0, 0.05) is 25.7 Å².